The second-order valence-corrected chi connectivity index (χ2v) is 7.92. The molecule has 1 aromatic heterocycles. The molecule has 6 nitrogen and oxygen atoms in total. The van der Waals surface area contributed by atoms with E-state index < -0.39 is 0 Å². The van der Waals surface area contributed by atoms with Gasteiger partial charge in [0.15, 0.2) is 0 Å². The fourth-order valence-electron chi connectivity index (χ4n) is 4.44. The highest BCUT2D eigenvalue weighted by molar-refractivity contribution is 6.22. The molecule has 1 aliphatic heterocycles. The van der Waals surface area contributed by atoms with Crippen molar-refractivity contribution in [2.75, 3.05) is 0 Å². The lowest BCUT2D eigenvalue weighted by Gasteiger charge is -2.29. The van der Waals surface area contributed by atoms with Crippen LogP contribution in [0, 0.1) is 0 Å². The van der Waals surface area contributed by atoms with Gasteiger partial charge in [-0.05, 0) is 56.0 Å². The second kappa shape index (κ2) is 6.62. The van der Waals surface area contributed by atoms with Gasteiger partial charge >= 0.3 is 0 Å². The van der Waals surface area contributed by atoms with Crippen LogP contribution >= 0.6 is 0 Å². The normalized spacial score (nSPS) is 19.4. The molecule has 0 radical (unpaired) electrons. The van der Waals surface area contributed by atoms with E-state index in [1.807, 2.05) is 4.90 Å². The summed E-state index contributed by atoms with van der Waals surface area (Å²) in [5.74, 6) is -0.177. The van der Waals surface area contributed by atoms with E-state index in [4.69, 9.17) is 4.42 Å². The molecule has 0 unspecified atom stereocenters. The zero-order chi connectivity index (χ0) is 19.3. The van der Waals surface area contributed by atoms with Crippen LogP contribution in [0.4, 0.5) is 0 Å². The summed E-state index contributed by atoms with van der Waals surface area (Å²) in [4.78, 5) is 41.9. The fourth-order valence-corrected chi connectivity index (χ4v) is 4.44. The highest BCUT2D eigenvalue weighted by Gasteiger charge is 2.40. The standard InChI is InChI=1S/C22H22N2O4/c25-20(24(16-8-9-16)15-4-1-2-5-15)14-7-10-18-19(12-14)22(27)23(21(18)26)13-17-6-3-11-28-17/h3,6-7,10-12,15-16H,1-2,4-5,8-9,13H2. The minimum atomic E-state index is -0.370. The molecule has 0 saturated heterocycles. The first-order valence-electron chi connectivity index (χ1n) is 9.99. The topological polar surface area (TPSA) is 70.8 Å². The first-order valence-corrected chi connectivity index (χ1v) is 9.99. The van der Waals surface area contributed by atoms with Gasteiger partial charge in [-0.1, -0.05) is 12.8 Å². The number of furan rings is 1. The molecule has 3 aliphatic rings. The van der Waals surface area contributed by atoms with E-state index in [-0.39, 0.29) is 24.3 Å². The Morgan fingerprint density at radius 2 is 1.71 bits per heavy atom. The number of carbonyl (C=O) groups is 3. The van der Waals surface area contributed by atoms with Crippen molar-refractivity contribution in [2.24, 2.45) is 0 Å². The van der Waals surface area contributed by atoms with Gasteiger partial charge in [-0.2, -0.15) is 0 Å². The summed E-state index contributed by atoms with van der Waals surface area (Å²) in [5.41, 5.74) is 1.16. The second-order valence-electron chi connectivity index (χ2n) is 7.92. The zero-order valence-electron chi connectivity index (χ0n) is 15.6. The third-order valence-corrected chi connectivity index (χ3v) is 6.00. The van der Waals surface area contributed by atoms with E-state index >= 15 is 0 Å². The van der Waals surface area contributed by atoms with Gasteiger partial charge in [-0.15, -0.1) is 0 Å². The molecule has 2 fully saturated rings. The van der Waals surface area contributed by atoms with Crippen molar-refractivity contribution in [3.8, 4) is 0 Å². The van der Waals surface area contributed by atoms with E-state index in [1.165, 1.54) is 24.0 Å². The van der Waals surface area contributed by atoms with Gasteiger partial charge < -0.3 is 9.32 Å². The van der Waals surface area contributed by atoms with Gasteiger partial charge in [-0.3, -0.25) is 19.3 Å². The number of amides is 3. The molecule has 6 heteroatoms. The SMILES string of the molecule is O=C1c2ccc(C(=O)N(C3CCCC3)C3CC3)cc2C(=O)N1Cc1ccco1. The summed E-state index contributed by atoms with van der Waals surface area (Å²) in [6.45, 7) is 0.0961. The largest absolute Gasteiger partial charge is 0.467 e. The Hall–Kier alpha value is -2.89. The molecule has 2 heterocycles. The van der Waals surface area contributed by atoms with Crippen LogP contribution in [0.3, 0.4) is 0 Å². The number of hydrogen-bond acceptors (Lipinski definition) is 4. The van der Waals surface area contributed by atoms with Gasteiger partial charge in [-0.25, -0.2) is 0 Å². The Balaban J connectivity index is 1.42. The maximum atomic E-state index is 13.2. The number of carbonyl (C=O) groups excluding carboxylic acids is 3. The number of fused-ring (bicyclic) bond motifs is 1. The Kier molecular flexibility index (Phi) is 4.07. The van der Waals surface area contributed by atoms with Crippen LogP contribution in [0.2, 0.25) is 0 Å². The lowest BCUT2D eigenvalue weighted by atomic mass is 10.0. The van der Waals surface area contributed by atoms with Gasteiger partial charge in [0.2, 0.25) is 0 Å². The molecular weight excluding hydrogens is 356 g/mol. The van der Waals surface area contributed by atoms with Crippen LogP contribution in [0.25, 0.3) is 0 Å². The maximum Gasteiger partial charge on any atom is 0.261 e. The number of hydrogen-bond donors (Lipinski definition) is 0. The molecule has 144 valence electrons. The first-order chi connectivity index (χ1) is 13.6. The predicted molar refractivity (Wildman–Crippen MR) is 101 cm³/mol. The van der Waals surface area contributed by atoms with Crippen molar-refractivity contribution in [3.05, 3.63) is 59.0 Å². The van der Waals surface area contributed by atoms with Gasteiger partial charge in [0.25, 0.3) is 17.7 Å². The number of imide groups is 1. The third kappa shape index (κ3) is 2.84. The van der Waals surface area contributed by atoms with E-state index in [0.29, 0.717) is 34.5 Å². The molecule has 3 amide bonds. The van der Waals surface area contributed by atoms with E-state index in [1.54, 1.807) is 30.3 Å². The maximum absolute atomic E-state index is 13.2. The molecule has 0 N–H and O–H groups in total. The molecule has 0 atom stereocenters. The van der Waals surface area contributed by atoms with Gasteiger partial charge in [0, 0.05) is 17.6 Å². The summed E-state index contributed by atoms with van der Waals surface area (Å²) < 4.78 is 5.27. The number of benzene rings is 1. The van der Waals surface area contributed by atoms with Crippen LogP contribution < -0.4 is 0 Å². The molecule has 2 aromatic rings. The molecule has 0 bridgehead atoms. The lowest BCUT2D eigenvalue weighted by Crippen LogP contribution is -2.40. The summed E-state index contributed by atoms with van der Waals surface area (Å²) in [7, 11) is 0. The first kappa shape index (κ1) is 17.2. The van der Waals surface area contributed by atoms with E-state index in [9.17, 15) is 14.4 Å². The minimum absolute atomic E-state index is 0.0121. The van der Waals surface area contributed by atoms with Gasteiger partial charge in [0.1, 0.15) is 5.76 Å². The van der Waals surface area contributed by atoms with E-state index in [2.05, 4.69) is 0 Å². The Morgan fingerprint density at radius 1 is 1.00 bits per heavy atom. The lowest BCUT2D eigenvalue weighted by molar-refractivity contribution is 0.0630. The Morgan fingerprint density at radius 3 is 2.39 bits per heavy atom. The molecule has 0 spiro atoms. The molecule has 1 aromatic carbocycles. The highest BCUT2D eigenvalue weighted by Crippen LogP contribution is 2.36. The van der Waals surface area contributed by atoms with Crippen LogP contribution in [0.1, 0.15) is 75.4 Å². The van der Waals surface area contributed by atoms with Crippen molar-refractivity contribution in [1.29, 1.82) is 0 Å². The van der Waals surface area contributed by atoms with Crippen molar-refractivity contribution in [2.45, 2.75) is 57.2 Å². The molecule has 28 heavy (non-hydrogen) atoms. The average molecular weight is 378 g/mol. The minimum Gasteiger partial charge on any atom is -0.467 e. The van der Waals surface area contributed by atoms with Crippen LogP contribution in [-0.2, 0) is 6.54 Å². The van der Waals surface area contributed by atoms with Crippen molar-refractivity contribution in [1.82, 2.24) is 9.80 Å². The predicted octanol–water partition coefficient (Wildman–Crippen LogP) is 3.62. The van der Waals surface area contributed by atoms with Crippen LogP contribution in [-0.4, -0.2) is 39.6 Å². The molecular formula is C22H22N2O4. The molecule has 5 rings (SSSR count). The summed E-state index contributed by atoms with van der Waals surface area (Å²) in [5, 5.41) is 0. The number of nitrogens with zero attached hydrogens (tertiary/aromatic N) is 2. The average Bonchev–Trinajstić information content (AvgIpc) is 3.09. The monoisotopic (exact) mass is 378 g/mol. The van der Waals surface area contributed by atoms with Crippen molar-refractivity contribution >= 4 is 17.7 Å². The van der Waals surface area contributed by atoms with Crippen molar-refractivity contribution in [3.63, 3.8) is 0 Å². The summed E-state index contributed by atoms with van der Waals surface area (Å²) in [6, 6.07) is 8.99. The fraction of sp³-hybridized carbons (Fsp3) is 0.409. The summed E-state index contributed by atoms with van der Waals surface area (Å²) >= 11 is 0. The Labute approximate surface area is 163 Å². The summed E-state index contributed by atoms with van der Waals surface area (Å²) in [6.07, 6.45) is 8.08. The molecule has 2 saturated carbocycles. The third-order valence-electron chi connectivity index (χ3n) is 6.00. The Bertz CT molecular complexity index is 939. The van der Waals surface area contributed by atoms with Gasteiger partial charge in [0.05, 0.1) is 23.9 Å². The van der Waals surface area contributed by atoms with Crippen LogP contribution in [0.15, 0.2) is 41.0 Å². The highest BCUT2D eigenvalue weighted by atomic mass is 16.3. The van der Waals surface area contributed by atoms with Crippen LogP contribution in [0.5, 0.6) is 0 Å². The smallest absolute Gasteiger partial charge is 0.261 e. The quantitative estimate of drug-likeness (QED) is 0.745. The van der Waals surface area contributed by atoms with Crippen molar-refractivity contribution < 1.29 is 18.8 Å². The zero-order valence-corrected chi connectivity index (χ0v) is 15.6. The van der Waals surface area contributed by atoms with E-state index in [0.717, 1.165) is 25.7 Å². The number of rotatable bonds is 5. The molecule has 2 aliphatic carbocycles.